The molecule has 0 saturated carbocycles. The highest BCUT2D eigenvalue weighted by atomic mass is 16.5. The second kappa shape index (κ2) is 7.82. The van der Waals surface area contributed by atoms with Crippen LogP contribution in [0.2, 0.25) is 0 Å². The summed E-state index contributed by atoms with van der Waals surface area (Å²) in [4.78, 5) is 4.30. The van der Waals surface area contributed by atoms with E-state index < -0.39 is 0 Å². The molecule has 0 fully saturated rings. The zero-order valence-electron chi connectivity index (χ0n) is 12.7. The molecule has 0 unspecified atom stereocenters. The van der Waals surface area contributed by atoms with Crippen LogP contribution >= 0.6 is 0 Å². The van der Waals surface area contributed by atoms with Crippen molar-refractivity contribution < 1.29 is 9.47 Å². The summed E-state index contributed by atoms with van der Waals surface area (Å²) in [7, 11) is 3.22. The maximum atomic E-state index is 5.28. The van der Waals surface area contributed by atoms with Crippen molar-refractivity contribution in [3.8, 4) is 11.5 Å². The van der Waals surface area contributed by atoms with E-state index in [0.717, 1.165) is 5.56 Å². The van der Waals surface area contributed by atoms with Gasteiger partial charge < -0.3 is 20.1 Å². The fraction of sp³-hybridized carbons (Fsp3) is 0.267. The van der Waals surface area contributed by atoms with E-state index in [9.17, 15) is 0 Å². The van der Waals surface area contributed by atoms with Gasteiger partial charge >= 0.3 is 0 Å². The number of ether oxygens (including phenoxy) is 2. The van der Waals surface area contributed by atoms with Gasteiger partial charge in [0.15, 0.2) is 17.3 Å². The predicted molar refractivity (Wildman–Crippen MR) is 85.4 cm³/mol. The average molecular weight is 301 g/mol. The minimum atomic E-state index is 0.456. The van der Waals surface area contributed by atoms with Gasteiger partial charge in [-0.3, -0.25) is 0 Å². The predicted octanol–water partition coefficient (Wildman–Crippen LogP) is 2.10. The van der Waals surface area contributed by atoms with E-state index in [0.29, 0.717) is 36.4 Å². The molecule has 0 aliphatic rings. The van der Waals surface area contributed by atoms with Crippen LogP contribution < -0.4 is 20.1 Å². The molecule has 0 amide bonds. The van der Waals surface area contributed by atoms with Crippen LogP contribution in [0.15, 0.2) is 37.1 Å². The van der Waals surface area contributed by atoms with Gasteiger partial charge in [-0.2, -0.15) is 10.1 Å². The molecular weight excluding hydrogens is 282 g/mol. The molecule has 116 valence electrons. The van der Waals surface area contributed by atoms with Crippen LogP contribution in [-0.2, 0) is 6.54 Å². The Morgan fingerprint density at radius 2 is 2.00 bits per heavy atom. The lowest BCUT2D eigenvalue weighted by Gasteiger charge is -2.10. The van der Waals surface area contributed by atoms with Crippen LogP contribution in [0.25, 0.3) is 0 Å². The van der Waals surface area contributed by atoms with Crippen LogP contribution in [0.4, 0.5) is 11.8 Å². The Morgan fingerprint density at radius 3 is 2.73 bits per heavy atom. The zero-order chi connectivity index (χ0) is 15.8. The van der Waals surface area contributed by atoms with E-state index in [1.165, 1.54) is 0 Å². The molecule has 2 aromatic rings. The summed E-state index contributed by atoms with van der Waals surface area (Å²) in [6.45, 7) is 4.80. The number of nitrogens with zero attached hydrogens (tertiary/aromatic N) is 3. The molecule has 2 N–H and O–H groups in total. The van der Waals surface area contributed by atoms with E-state index in [-0.39, 0.29) is 0 Å². The highest BCUT2D eigenvalue weighted by Gasteiger charge is 2.05. The van der Waals surface area contributed by atoms with Crippen molar-refractivity contribution >= 4 is 11.8 Å². The third kappa shape index (κ3) is 4.08. The summed E-state index contributed by atoms with van der Waals surface area (Å²) in [5.74, 6) is 2.48. The van der Waals surface area contributed by atoms with Crippen LogP contribution in [0.5, 0.6) is 11.5 Å². The summed E-state index contributed by atoms with van der Waals surface area (Å²) in [5.41, 5.74) is 1.04. The third-order valence-corrected chi connectivity index (χ3v) is 2.88. The lowest BCUT2D eigenvalue weighted by molar-refractivity contribution is 0.354. The largest absolute Gasteiger partial charge is 0.493 e. The summed E-state index contributed by atoms with van der Waals surface area (Å²) >= 11 is 0. The number of hydrogen-bond donors (Lipinski definition) is 2. The van der Waals surface area contributed by atoms with E-state index in [4.69, 9.17) is 9.47 Å². The van der Waals surface area contributed by atoms with Gasteiger partial charge in [0, 0.05) is 13.1 Å². The van der Waals surface area contributed by atoms with Gasteiger partial charge in [-0.05, 0) is 17.7 Å². The van der Waals surface area contributed by atoms with E-state index in [2.05, 4.69) is 32.4 Å². The van der Waals surface area contributed by atoms with Gasteiger partial charge in [0.05, 0.1) is 20.4 Å². The molecule has 0 radical (unpaired) electrons. The maximum absolute atomic E-state index is 5.28. The standard InChI is InChI=1S/C15H19N5O2/c1-4-7-16-15-19-14(10-18-20-15)17-9-11-5-6-12(21-2)13(8-11)22-3/h4-6,8,10H,1,7,9H2,2-3H3,(H2,16,17,19,20). The van der Waals surface area contributed by atoms with Crippen molar-refractivity contribution in [1.29, 1.82) is 0 Å². The summed E-state index contributed by atoms with van der Waals surface area (Å²) in [6.07, 6.45) is 3.30. The second-order valence-electron chi connectivity index (χ2n) is 4.38. The number of nitrogens with one attached hydrogen (secondary N) is 2. The average Bonchev–Trinajstić information content (AvgIpc) is 2.58. The number of benzene rings is 1. The second-order valence-corrected chi connectivity index (χ2v) is 4.38. The Kier molecular flexibility index (Phi) is 5.53. The van der Waals surface area contributed by atoms with Gasteiger partial charge in [0.1, 0.15) is 0 Å². The quantitative estimate of drug-likeness (QED) is 0.723. The van der Waals surface area contributed by atoms with E-state index in [1.54, 1.807) is 26.5 Å². The highest BCUT2D eigenvalue weighted by molar-refractivity contribution is 5.44. The van der Waals surface area contributed by atoms with Crippen molar-refractivity contribution in [3.05, 3.63) is 42.6 Å². The lowest BCUT2D eigenvalue weighted by Crippen LogP contribution is -2.08. The Morgan fingerprint density at radius 1 is 1.18 bits per heavy atom. The Bertz CT molecular complexity index is 633. The van der Waals surface area contributed by atoms with E-state index >= 15 is 0 Å². The SMILES string of the molecule is C=CCNc1nncc(NCc2ccc(OC)c(OC)c2)n1. The van der Waals surface area contributed by atoms with Gasteiger partial charge in [0.2, 0.25) is 5.95 Å². The van der Waals surface area contributed by atoms with Crippen molar-refractivity contribution in [2.24, 2.45) is 0 Å². The molecule has 0 aliphatic heterocycles. The fourth-order valence-corrected chi connectivity index (χ4v) is 1.81. The smallest absolute Gasteiger partial charge is 0.244 e. The minimum Gasteiger partial charge on any atom is -0.493 e. The summed E-state index contributed by atoms with van der Waals surface area (Å²) in [5, 5.41) is 14.0. The zero-order valence-corrected chi connectivity index (χ0v) is 12.7. The molecule has 22 heavy (non-hydrogen) atoms. The molecule has 0 aliphatic carbocycles. The first-order valence-electron chi connectivity index (χ1n) is 6.76. The molecule has 0 bridgehead atoms. The van der Waals surface area contributed by atoms with Crippen molar-refractivity contribution in [2.45, 2.75) is 6.54 Å². The fourth-order valence-electron chi connectivity index (χ4n) is 1.81. The molecule has 1 heterocycles. The van der Waals surface area contributed by atoms with Crippen LogP contribution in [0.1, 0.15) is 5.56 Å². The molecule has 0 spiro atoms. The highest BCUT2D eigenvalue weighted by Crippen LogP contribution is 2.27. The van der Waals surface area contributed by atoms with Crippen LogP contribution in [0, 0.1) is 0 Å². The van der Waals surface area contributed by atoms with Crippen molar-refractivity contribution in [1.82, 2.24) is 15.2 Å². The topological polar surface area (TPSA) is 81.2 Å². The maximum Gasteiger partial charge on any atom is 0.244 e. The number of aromatic nitrogens is 3. The van der Waals surface area contributed by atoms with Crippen LogP contribution in [-0.4, -0.2) is 35.9 Å². The van der Waals surface area contributed by atoms with E-state index in [1.807, 2.05) is 18.2 Å². The van der Waals surface area contributed by atoms with Gasteiger partial charge in [0.25, 0.3) is 0 Å². The number of hydrogen-bond acceptors (Lipinski definition) is 7. The third-order valence-electron chi connectivity index (χ3n) is 2.88. The van der Waals surface area contributed by atoms with Crippen molar-refractivity contribution in [3.63, 3.8) is 0 Å². The summed E-state index contributed by atoms with van der Waals surface area (Å²) in [6, 6.07) is 5.74. The monoisotopic (exact) mass is 301 g/mol. The molecule has 7 heteroatoms. The molecule has 1 aromatic heterocycles. The number of rotatable bonds is 8. The van der Waals surface area contributed by atoms with Gasteiger partial charge in [-0.1, -0.05) is 12.1 Å². The molecule has 2 rings (SSSR count). The van der Waals surface area contributed by atoms with Gasteiger partial charge in [-0.15, -0.1) is 11.7 Å². The first kappa shape index (κ1) is 15.6. The molecule has 7 nitrogen and oxygen atoms in total. The molecule has 1 aromatic carbocycles. The number of methoxy groups -OCH3 is 2. The molecule has 0 atom stereocenters. The lowest BCUT2D eigenvalue weighted by atomic mass is 10.2. The first-order chi connectivity index (χ1) is 10.8. The molecule has 0 saturated heterocycles. The minimum absolute atomic E-state index is 0.456. The van der Waals surface area contributed by atoms with Crippen LogP contribution in [0.3, 0.4) is 0 Å². The van der Waals surface area contributed by atoms with Crippen molar-refractivity contribution in [2.75, 3.05) is 31.4 Å². The normalized spacial score (nSPS) is 9.91. The number of anilines is 2. The molecular formula is C15H19N5O2. The van der Waals surface area contributed by atoms with Gasteiger partial charge in [-0.25, -0.2) is 0 Å². The Labute approximate surface area is 129 Å². The first-order valence-corrected chi connectivity index (χ1v) is 6.76. The summed E-state index contributed by atoms with van der Waals surface area (Å²) < 4.78 is 10.5. The Balaban J connectivity index is 2.02. The Hall–Kier alpha value is -2.83.